The van der Waals surface area contributed by atoms with Gasteiger partial charge in [0.15, 0.2) is 0 Å². The number of aromatic nitrogens is 3. The minimum atomic E-state index is 0.0462. The molecule has 1 amide bonds. The molecule has 0 radical (unpaired) electrons. The number of amides is 1. The molecule has 0 aliphatic carbocycles. The summed E-state index contributed by atoms with van der Waals surface area (Å²) < 4.78 is 0. The molecule has 150 valence electrons. The van der Waals surface area contributed by atoms with Crippen LogP contribution in [0.25, 0.3) is 0 Å². The number of pyridine rings is 1. The van der Waals surface area contributed by atoms with Gasteiger partial charge in [0.2, 0.25) is 0 Å². The Morgan fingerprint density at radius 3 is 2.86 bits per heavy atom. The summed E-state index contributed by atoms with van der Waals surface area (Å²) in [6, 6.07) is 12.2. The van der Waals surface area contributed by atoms with E-state index in [2.05, 4.69) is 28.4 Å². The largest absolute Gasteiger partial charge is 0.338 e. The molecule has 1 aromatic carbocycles. The maximum atomic E-state index is 12.9. The van der Waals surface area contributed by atoms with Gasteiger partial charge in [0.25, 0.3) is 5.91 Å². The van der Waals surface area contributed by atoms with Crippen molar-refractivity contribution in [2.24, 2.45) is 0 Å². The van der Waals surface area contributed by atoms with Crippen molar-refractivity contribution >= 4 is 17.5 Å². The second-order valence-electron chi connectivity index (χ2n) is 7.81. The number of rotatable bonds is 4. The third kappa shape index (κ3) is 4.35. The average Bonchev–Trinajstić information content (AvgIpc) is 3.15. The van der Waals surface area contributed by atoms with E-state index >= 15 is 0 Å². The Morgan fingerprint density at radius 1 is 1.28 bits per heavy atom. The lowest BCUT2D eigenvalue weighted by molar-refractivity contribution is 0.0705. The van der Waals surface area contributed by atoms with Crippen molar-refractivity contribution < 1.29 is 4.79 Å². The Hall–Kier alpha value is -2.66. The number of nitrogens with zero attached hydrogens (tertiary/aromatic N) is 3. The third-order valence-electron chi connectivity index (χ3n) is 5.57. The monoisotopic (exact) mass is 408 g/mol. The lowest BCUT2D eigenvalue weighted by Crippen LogP contribution is -2.39. The van der Waals surface area contributed by atoms with E-state index in [1.807, 2.05) is 36.9 Å². The van der Waals surface area contributed by atoms with Crippen LogP contribution in [0.1, 0.15) is 57.3 Å². The smallest absolute Gasteiger partial charge is 0.257 e. The van der Waals surface area contributed by atoms with Crippen LogP contribution in [0.5, 0.6) is 0 Å². The average molecular weight is 409 g/mol. The summed E-state index contributed by atoms with van der Waals surface area (Å²) >= 11 is 6.35. The van der Waals surface area contributed by atoms with Gasteiger partial charge in [-0.1, -0.05) is 29.8 Å². The molecule has 1 N–H and O–H groups in total. The van der Waals surface area contributed by atoms with Gasteiger partial charge in [-0.15, -0.1) is 0 Å². The lowest BCUT2D eigenvalue weighted by atomic mass is 9.92. The summed E-state index contributed by atoms with van der Waals surface area (Å²) in [4.78, 5) is 19.6. The maximum Gasteiger partial charge on any atom is 0.257 e. The number of H-pyrrole nitrogens is 1. The molecular formula is C23H25ClN4O. The normalized spacial score (nSPS) is 16.8. The summed E-state index contributed by atoms with van der Waals surface area (Å²) in [7, 11) is 0. The summed E-state index contributed by atoms with van der Waals surface area (Å²) in [6.45, 7) is 5.37. The first-order valence-corrected chi connectivity index (χ1v) is 10.4. The molecular weight excluding hydrogens is 384 g/mol. The number of aromatic amines is 1. The summed E-state index contributed by atoms with van der Waals surface area (Å²) in [5.41, 5.74) is 5.85. The van der Waals surface area contributed by atoms with Crippen LogP contribution in [-0.2, 0) is 6.42 Å². The van der Waals surface area contributed by atoms with Gasteiger partial charge in [-0.2, -0.15) is 5.10 Å². The molecule has 1 unspecified atom stereocenters. The second kappa shape index (κ2) is 8.37. The molecule has 0 spiro atoms. The van der Waals surface area contributed by atoms with Gasteiger partial charge in [-0.05, 0) is 62.4 Å². The predicted molar refractivity (Wildman–Crippen MR) is 114 cm³/mol. The Balaban J connectivity index is 1.54. The Kier molecular flexibility index (Phi) is 5.67. The molecule has 1 atom stereocenters. The standard InChI is InChI=1S/C23H25ClN4O/c1-15-10-17(11-18-6-3-4-8-21(18)24)12-22(26-15)19-7-5-9-28(14-19)23(29)20-13-25-27-16(20)2/h3-4,6,8,10,12-13,19H,5,7,9,11,14H2,1-2H3,(H,25,27). The van der Waals surface area contributed by atoms with Gasteiger partial charge in [0.05, 0.1) is 11.8 Å². The minimum absolute atomic E-state index is 0.0462. The lowest BCUT2D eigenvalue weighted by Gasteiger charge is -2.32. The molecule has 0 bridgehead atoms. The number of nitrogens with one attached hydrogen (secondary N) is 1. The van der Waals surface area contributed by atoms with Gasteiger partial charge in [0.1, 0.15) is 0 Å². The van der Waals surface area contributed by atoms with Crippen molar-refractivity contribution in [3.05, 3.63) is 81.4 Å². The van der Waals surface area contributed by atoms with Crippen molar-refractivity contribution in [1.29, 1.82) is 0 Å². The zero-order chi connectivity index (χ0) is 20.4. The molecule has 2 aromatic heterocycles. The van der Waals surface area contributed by atoms with Crippen LogP contribution in [0.2, 0.25) is 5.02 Å². The highest BCUT2D eigenvalue weighted by molar-refractivity contribution is 6.31. The van der Waals surface area contributed by atoms with Crippen molar-refractivity contribution in [2.75, 3.05) is 13.1 Å². The van der Waals surface area contributed by atoms with Crippen molar-refractivity contribution in [3.8, 4) is 0 Å². The van der Waals surface area contributed by atoms with Crippen LogP contribution in [0, 0.1) is 13.8 Å². The van der Waals surface area contributed by atoms with Gasteiger partial charge in [0, 0.05) is 41.1 Å². The molecule has 1 saturated heterocycles. The van der Waals surface area contributed by atoms with Crippen molar-refractivity contribution in [3.63, 3.8) is 0 Å². The van der Waals surface area contributed by atoms with Crippen LogP contribution in [-0.4, -0.2) is 39.1 Å². The molecule has 1 aliphatic heterocycles. The fourth-order valence-corrected chi connectivity index (χ4v) is 4.28. The molecule has 3 heterocycles. The van der Waals surface area contributed by atoms with Crippen LogP contribution >= 0.6 is 11.6 Å². The fraction of sp³-hybridized carbons (Fsp3) is 0.348. The number of piperidine rings is 1. The summed E-state index contributed by atoms with van der Waals surface area (Å²) in [6.07, 6.45) is 4.41. The second-order valence-corrected chi connectivity index (χ2v) is 8.22. The number of carbonyl (C=O) groups excluding carboxylic acids is 1. The highest BCUT2D eigenvalue weighted by Crippen LogP contribution is 2.29. The maximum absolute atomic E-state index is 12.9. The molecule has 5 nitrogen and oxygen atoms in total. The SMILES string of the molecule is Cc1cc(Cc2ccccc2Cl)cc(C2CCCN(C(=O)c3cn[nH]c3C)C2)n1. The van der Waals surface area contributed by atoms with Crippen LogP contribution in [0.15, 0.2) is 42.6 Å². The van der Waals surface area contributed by atoms with E-state index in [-0.39, 0.29) is 11.8 Å². The first-order chi connectivity index (χ1) is 14.0. The van der Waals surface area contributed by atoms with Crippen LogP contribution in [0.3, 0.4) is 0 Å². The van der Waals surface area contributed by atoms with E-state index in [0.29, 0.717) is 12.1 Å². The number of hydrogen-bond acceptors (Lipinski definition) is 3. The summed E-state index contributed by atoms with van der Waals surface area (Å²) in [5.74, 6) is 0.287. The van der Waals surface area contributed by atoms with Gasteiger partial charge in [-0.25, -0.2) is 0 Å². The number of halogens is 1. The molecule has 1 aliphatic rings. The first-order valence-electron chi connectivity index (χ1n) is 10.0. The molecule has 3 aromatic rings. The zero-order valence-electron chi connectivity index (χ0n) is 16.8. The molecule has 1 fully saturated rings. The highest BCUT2D eigenvalue weighted by Gasteiger charge is 2.28. The van der Waals surface area contributed by atoms with Crippen LogP contribution < -0.4 is 0 Å². The fourth-order valence-electron chi connectivity index (χ4n) is 4.08. The van der Waals surface area contributed by atoms with E-state index in [1.165, 1.54) is 5.56 Å². The molecule has 29 heavy (non-hydrogen) atoms. The number of benzene rings is 1. The number of likely N-dealkylation sites (tertiary alicyclic amines) is 1. The van der Waals surface area contributed by atoms with E-state index in [9.17, 15) is 4.79 Å². The number of carbonyl (C=O) groups is 1. The van der Waals surface area contributed by atoms with E-state index in [0.717, 1.165) is 53.5 Å². The molecule has 4 rings (SSSR count). The van der Waals surface area contributed by atoms with Gasteiger partial charge in [-0.3, -0.25) is 14.9 Å². The summed E-state index contributed by atoms with van der Waals surface area (Å²) in [5, 5.41) is 7.63. The quantitative estimate of drug-likeness (QED) is 0.681. The Bertz CT molecular complexity index is 1030. The Labute approximate surface area is 176 Å². The predicted octanol–water partition coefficient (Wildman–Crippen LogP) is 4.69. The van der Waals surface area contributed by atoms with Crippen LogP contribution in [0.4, 0.5) is 0 Å². The van der Waals surface area contributed by atoms with Crippen molar-refractivity contribution in [2.45, 2.75) is 39.0 Å². The van der Waals surface area contributed by atoms with E-state index in [1.54, 1.807) is 6.20 Å². The highest BCUT2D eigenvalue weighted by atomic mass is 35.5. The van der Waals surface area contributed by atoms with Gasteiger partial charge >= 0.3 is 0 Å². The van der Waals surface area contributed by atoms with Crippen molar-refractivity contribution in [1.82, 2.24) is 20.1 Å². The Morgan fingerprint density at radius 2 is 2.10 bits per heavy atom. The molecule has 0 saturated carbocycles. The molecule has 6 heteroatoms. The first kappa shape index (κ1) is 19.6. The minimum Gasteiger partial charge on any atom is -0.338 e. The zero-order valence-corrected chi connectivity index (χ0v) is 17.5. The van der Waals surface area contributed by atoms with E-state index < -0.39 is 0 Å². The third-order valence-corrected chi connectivity index (χ3v) is 5.94. The topological polar surface area (TPSA) is 61.9 Å². The number of aryl methyl sites for hydroxylation is 2. The van der Waals surface area contributed by atoms with E-state index in [4.69, 9.17) is 16.6 Å². The van der Waals surface area contributed by atoms with Gasteiger partial charge < -0.3 is 4.90 Å². The number of hydrogen-bond donors (Lipinski definition) is 1.